The third kappa shape index (κ3) is 3.41. The maximum absolute atomic E-state index is 11.3. The monoisotopic (exact) mass is 227 g/mol. The number of amides is 1. The van der Waals surface area contributed by atoms with Crippen molar-refractivity contribution in [3.8, 4) is 0 Å². The minimum atomic E-state index is 0.0485. The van der Waals surface area contributed by atoms with Crippen LogP contribution in [0.2, 0.25) is 0 Å². The Morgan fingerprint density at radius 3 is 3.07 bits per heavy atom. The summed E-state index contributed by atoms with van der Waals surface area (Å²) in [7, 11) is 0. The molecule has 15 heavy (non-hydrogen) atoms. The number of rotatable bonds is 4. The summed E-state index contributed by atoms with van der Waals surface area (Å²) in [6.45, 7) is 2.42. The van der Waals surface area contributed by atoms with E-state index in [1.54, 1.807) is 11.8 Å². The molecule has 1 saturated heterocycles. The van der Waals surface area contributed by atoms with Gasteiger partial charge in [0.05, 0.1) is 0 Å². The number of carbonyl (C=O) groups excluding carboxylic acids is 1. The Hall–Kier alpha value is -0.710. The standard InChI is InChI=1S/C10H17N3OS/c1-2-7-6-15-10(13-7)11-5-9(14)12-8-3-4-8/h7-8H,2-6H2,1H3,(H,11,13)(H,12,14). The van der Waals surface area contributed by atoms with Gasteiger partial charge >= 0.3 is 0 Å². The Bertz CT molecular complexity index is 276. The summed E-state index contributed by atoms with van der Waals surface area (Å²) in [6, 6.07) is 0.963. The molecular formula is C10H17N3OS. The van der Waals surface area contributed by atoms with Crippen molar-refractivity contribution in [2.45, 2.75) is 38.3 Å². The zero-order chi connectivity index (χ0) is 10.7. The second-order valence-electron chi connectivity index (χ2n) is 4.02. The summed E-state index contributed by atoms with van der Waals surface area (Å²) < 4.78 is 0. The van der Waals surface area contributed by atoms with Gasteiger partial charge in [-0.15, -0.1) is 0 Å². The molecule has 4 nitrogen and oxygen atoms in total. The summed E-state index contributed by atoms with van der Waals surface area (Å²) >= 11 is 1.71. The number of amidine groups is 1. The molecule has 84 valence electrons. The van der Waals surface area contributed by atoms with Crippen LogP contribution < -0.4 is 10.6 Å². The van der Waals surface area contributed by atoms with E-state index in [2.05, 4.69) is 22.5 Å². The minimum Gasteiger partial charge on any atom is -0.361 e. The van der Waals surface area contributed by atoms with Crippen LogP contribution in [-0.4, -0.2) is 35.5 Å². The fourth-order valence-corrected chi connectivity index (χ4v) is 2.48. The number of nitrogens with one attached hydrogen (secondary N) is 2. The first kappa shape index (κ1) is 10.8. The third-order valence-electron chi connectivity index (χ3n) is 2.55. The van der Waals surface area contributed by atoms with Crippen LogP contribution in [0.25, 0.3) is 0 Å². The predicted octanol–water partition coefficient (Wildman–Crippen LogP) is 0.736. The van der Waals surface area contributed by atoms with Crippen molar-refractivity contribution in [3.63, 3.8) is 0 Å². The first-order valence-corrected chi connectivity index (χ1v) is 6.49. The van der Waals surface area contributed by atoms with Crippen molar-refractivity contribution in [3.05, 3.63) is 0 Å². The predicted molar refractivity (Wildman–Crippen MR) is 63.1 cm³/mol. The largest absolute Gasteiger partial charge is 0.361 e. The molecule has 1 amide bonds. The van der Waals surface area contributed by atoms with Crippen LogP contribution in [0.3, 0.4) is 0 Å². The van der Waals surface area contributed by atoms with Crippen LogP contribution in [-0.2, 0) is 4.79 Å². The van der Waals surface area contributed by atoms with E-state index in [9.17, 15) is 4.79 Å². The van der Waals surface area contributed by atoms with E-state index >= 15 is 0 Å². The van der Waals surface area contributed by atoms with Crippen molar-refractivity contribution in [2.75, 3.05) is 12.3 Å². The summed E-state index contributed by atoms with van der Waals surface area (Å²) in [4.78, 5) is 15.6. The van der Waals surface area contributed by atoms with Gasteiger partial charge in [0.2, 0.25) is 5.91 Å². The Morgan fingerprint density at radius 2 is 2.47 bits per heavy atom. The Labute approximate surface area is 94.3 Å². The van der Waals surface area contributed by atoms with Crippen LogP contribution in [0.5, 0.6) is 0 Å². The second kappa shape index (κ2) is 4.88. The van der Waals surface area contributed by atoms with Crippen molar-refractivity contribution in [1.29, 1.82) is 0 Å². The number of hydrogen-bond donors (Lipinski definition) is 2. The molecule has 0 aromatic carbocycles. The lowest BCUT2D eigenvalue weighted by molar-refractivity contribution is -0.119. The lowest BCUT2D eigenvalue weighted by Crippen LogP contribution is -2.30. The molecule has 2 rings (SSSR count). The van der Waals surface area contributed by atoms with Crippen molar-refractivity contribution < 1.29 is 4.79 Å². The molecule has 1 unspecified atom stereocenters. The first-order chi connectivity index (χ1) is 7.28. The van der Waals surface area contributed by atoms with Gasteiger partial charge < -0.3 is 10.6 Å². The Morgan fingerprint density at radius 1 is 1.67 bits per heavy atom. The number of aliphatic imine (C=N–C) groups is 1. The molecule has 0 bridgehead atoms. The van der Waals surface area contributed by atoms with Crippen LogP contribution in [0.1, 0.15) is 26.2 Å². The summed E-state index contributed by atoms with van der Waals surface area (Å²) in [5.74, 6) is 1.12. The molecule has 2 aliphatic rings. The van der Waals surface area contributed by atoms with Gasteiger partial charge in [0.1, 0.15) is 6.54 Å². The van der Waals surface area contributed by atoms with Gasteiger partial charge in [-0.3, -0.25) is 9.79 Å². The topological polar surface area (TPSA) is 53.5 Å². The van der Waals surface area contributed by atoms with Crippen LogP contribution in [0.15, 0.2) is 4.99 Å². The molecule has 1 heterocycles. The van der Waals surface area contributed by atoms with E-state index in [1.807, 2.05) is 0 Å². The highest BCUT2D eigenvalue weighted by Gasteiger charge is 2.23. The molecule has 0 aromatic heterocycles. The molecule has 0 spiro atoms. The van der Waals surface area contributed by atoms with E-state index < -0.39 is 0 Å². The summed E-state index contributed by atoms with van der Waals surface area (Å²) in [5, 5.41) is 7.14. The van der Waals surface area contributed by atoms with E-state index in [1.165, 1.54) is 0 Å². The zero-order valence-electron chi connectivity index (χ0n) is 8.95. The van der Waals surface area contributed by atoms with Gasteiger partial charge in [0.15, 0.2) is 5.17 Å². The van der Waals surface area contributed by atoms with Gasteiger partial charge in [-0.2, -0.15) is 0 Å². The van der Waals surface area contributed by atoms with E-state index in [0.717, 1.165) is 30.2 Å². The fourth-order valence-electron chi connectivity index (χ4n) is 1.39. The molecule has 5 heteroatoms. The maximum atomic E-state index is 11.3. The average molecular weight is 227 g/mol. The molecule has 2 fully saturated rings. The first-order valence-electron chi connectivity index (χ1n) is 5.51. The van der Waals surface area contributed by atoms with Crippen LogP contribution in [0, 0.1) is 0 Å². The van der Waals surface area contributed by atoms with Crippen LogP contribution >= 0.6 is 11.8 Å². The number of hydrogen-bond acceptors (Lipinski definition) is 3. The van der Waals surface area contributed by atoms with Gasteiger partial charge in [0, 0.05) is 17.8 Å². The highest BCUT2D eigenvalue weighted by molar-refractivity contribution is 8.14. The van der Waals surface area contributed by atoms with Crippen molar-refractivity contribution in [1.82, 2.24) is 10.6 Å². The van der Waals surface area contributed by atoms with Gasteiger partial charge in [-0.1, -0.05) is 18.7 Å². The molecule has 0 radical (unpaired) electrons. The van der Waals surface area contributed by atoms with E-state index in [4.69, 9.17) is 0 Å². The number of carbonyl (C=O) groups is 1. The van der Waals surface area contributed by atoms with Crippen LogP contribution in [0.4, 0.5) is 0 Å². The van der Waals surface area contributed by atoms with E-state index in [-0.39, 0.29) is 12.5 Å². The van der Waals surface area contributed by atoms with Crippen molar-refractivity contribution >= 4 is 22.8 Å². The summed E-state index contributed by atoms with van der Waals surface area (Å²) in [5.41, 5.74) is 0. The quantitative estimate of drug-likeness (QED) is 0.744. The number of nitrogens with zero attached hydrogens (tertiary/aromatic N) is 1. The number of thioether (sulfide) groups is 1. The molecule has 1 aliphatic heterocycles. The fraction of sp³-hybridized carbons (Fsp3) is 0.800. The normalized spacial score (nSPS) is 27.8. The Kier molecular flexibility index (Phi) is 3.51. The molecule has 1 atom stereocenters. The highest BCUT2D eigenvalue weighted by Crippen LogP contribution is 2.18. The minimum absolute atomic E-state index is 0.0485. The maximum Gasteiger partial charge on any atom is 0.241 e. The highest BCUT2D eigenvalue weighted by atomic mass is 32.2. The molecular weight excluding hydrogens is 210 g/mol. The van der Waals surface area contributed by atoms with Gasteiger partial charge in [-0.25, -0.2) is 0 Å². The van der Waals surface area contributed by atoms with Gasteiger partial charge in [-0.05, 0) is 19.3 Å². The molecule has 1 aliphatic carbocycles. The molecule has 2 N–H and O–H groups in total. The van der Waals surface area contributed by atoms with Crippen molar-refractivity contribution in [2.24, 2.45) is 4.99 Å². The average Bonchev–Trinajstić information content (AvgIpc) is 2.92. The molecule has 1 saturated carbocycles. The lowest BCUT2D eigenvalue weighted by atomic mass is 10.3. The second-order valence-corrected chi connectivity index (χ2v) is 5.03. The summed E-state index contributed by atoms with van der Waals surface area (Å²) in [6.07, 6.45) is 3.38. The molecule has 0 aromatic rings. The smallest absolute Gasteiger partial charge is 0.241 e. The van der Waals surface area contributed by atoms with E-state index in [0.29, 0.717) is 12.1 Å². The Balaban J connectivity index is 1.71. The van der Waals surface area contributed by atoms with Gasteiger partial charge in [0.25, 0.3) is 0 Å². The SMILES string of the molecule is CCC1CSC(=NCC(=O)NC2CC2)N1. The lowest BCUT2D eigenvalue weighted by Gasteiger charge is -2.04. The zero-order valence-corrected chi connectivity index (χ0v) is 9.77. The third-order valence-corrected chi connectivity index (χ3v) is 3.64.